The van der Waals surface area contributed by atoms with Gasteiger partial charge in [0.15, 0.2) is 0 Å². The van der Waals surface area contributed by atoms with Gasteiger partial charge in [-0.25, -0.2) is 0 Å². The van der Waals surface area contributed by atoms with E-state index in [2.05, 4.69) is 5.32 Å². The van der Waals surface area contributed by atoms with Crippen LogP contribution >= 0.6 is 0 Å². The smallest absolute Gasteiger partial charge is 0.229 e. The van der Waals surface area contributed by atoms with E-state index in [1.807, 2.05) is 46.8 Å². The van der Waals surface area contributed by atoms with Crippen LogP contribution in [0.2, 0.25) is 0 Å². The monoisotopic (exact) mass is 220 g/mol. The Morgan fingerprint density at radius 2 is 1.81 bits per heavy atom. The van der Waals surface area contributed by atoms with Crippen LogP contribution in [-0.2, 0) is 4.79 Å². The molecule has 0 aliphatic rings. The number of anilines is 2. The van der Waals surface area contributed by atoms with Crippen molar-refractivity contribution in [3.8, 4) is 0 Å². The van der Waals surface area contributed by atoms with Gasteiger partial charge >= 0.3 is 0 Å². The average Bonchev–Trinajstić information content (AvgIpc) is 2.08. The summed E-state index contributed by atoms with van der Waals surface area (Å²) >= 11 is 0. The normalized spacial score (nSPS) is 11.3. The van der Waals surface area contributed by atoms with Crippen molar-refractivity contribution in [2.24, 2.45) is 5.41 Å². The number of hydrogen-bond donors (Lipinski definition) is 2. The topological polar surface area (TPSA) is 55.1 Å². The zero-order valence-electron chi connectivity index (χ0n) is 10.6. The molecule has 0 fully saturated rings. The van der Waals surface area contributed by atoms with E-state index < -0.39 is 5.41 Å². The third-order valence-electron chi connectivity index (χ3n) is 2.43. The highest BCUT2D eigenvalue weighted by Gasteiger charge is 2.22. The maximum atomic E-state index is 11.9. The lowest BCUT2D eigenvalue weighted by atomic mass is 9.95. The number of nitrogens with two attached hydrogens (primary N) is 1. The summed E-state index contributed by atoms with van der Waals surface area (Å²) in [5, 5.41) is 2.88. The fraction of sp³-hybridized carbons (Fsp3) is 0.462. The number of carbonyl (C=O) groups is 1. The Morgan fingerprint density at radius 3 is 2.25 bits per heavy atom. The first-order valence-electron chi connectivity index (χ1n) is 5.40. The van der Waals surface area contributed by atoms with Gasteiger partial charge in [-0.05, 0) is 31.0 Å². The molecule has 0 radical (unpaired) electrons. The first-order valence-corrected chi connectivity index (χ1v) is 5.40. The summed E-state index contributed by atoms with van der Waals surface area (Å²) in [5.74, 6) is -0.0221. The largest absolute Gasteiger partial charge is 0.397 e. The van der Waals surface area contributed by atoms with Gasteiger partial charge in [0.25, 0.3) is 0 Å². The molecule has 1 amide bonds. The number of hydrogen-bond acceptors (Lipinski definition) is 2. The van der Waals surface area contributed by atoms with Crippen molar-refractivity contribution in [3.05, 3.63) is 23.3 Å². The SMILES string of the molecule is Cc1cc(C)c(NC(=O)C(C)(C)C)c(N)c1. The average molecular weight is 220 g/mol. The van der Waals surface area contributed by atoms with Gasteiger partial charge < -0.3 is 11.1 Å². The van der Waals surface area contributed by atoms with E-state index in [1.165, 1.54) is 0 Å². The van der Waals surface area contributed by atoms with Crippen LogP contribution in [0.1, 0.15) is 31.9 Å². The van der Waals surface area contributed by atoms with Crippen LogP contribution in [-0.4, -0.2) is 5.91 Å². The highest BCUT2D eigenvalue weighted by Crippen LogP contribution is 2.27. The summed E-state index contributed by atoms with van der Waals surface area (Å²) in [6.07, 6.45) is 0. The molecule has 3 nitrogen and oxygen atoms in total. The van der Waals surface area contributed by atoms with Crippen LogP contribution in [0.3, 0.4) is 0 Å². The van der Waals surface area contributed by atoms with Crippen molar-refractivity contribution in [3.63, 3.8) is 0 Å². The zero-order chi connectivity index (χ0) is 12.5. The van der Waals surface area contributed by atoms with Crippen LogP contribution < -0.4 is 11.1 Å². The van der Waals surface area contributed by atoms with Gasteiger partial charge in [-0.3, -0.25) is 4.79 Å². The Bertz CT molecular complexity index is 393. The van der Waals surface area contributed by atoms with Gasteiger partial charge in [-0.15, -0.1) is 0 Å². The Morgan fingerprint density at radius 1 is 1.25 bits per heavy atom. The Kier molecular flexibility index (Phi) is 3.27. The number of nitrogens with one attached hydrogen (secondary N) is 1. The molecular formula is C13H20N2O. The molecule has 0 saturated heterocycles. The highest BCUT2D eigenvalue weighted by molar-refractivity contribution is 5.98. The minimum atomic E-state index is -0.413. The summed E-state index contributed by atoms with van der Waals surface area (Å²) in [4.78, 5) is 11.9. The molecule has 0 saturated carbocycles. The van der Waals surface area contributed by atoms with Crippen LogP contribution in [0.15, 0.2) is 12.1 Å². The zero-order valence-corrected chi connectivity index (χ0v) is 10.6. The second kappa shape index (κ2) is 4.16. The Labute approximate surface area is 97.0 Å². The molecule has 16 heavy (non-hydrogen) atoms. The molecule has 0 heterocycles. The predicted octanol–water partition coefficient (Wildman–Crippen LogP) is 2.87. The van der Waals surface area contributed by atoms with Crippen molar-refractivity contribution in [2.45, 2.75) is 34.6 Å². The molecule has 0 bridgehead atoms. The summed E-state index contributed by atoms with van der Waals surface area (Å²) in [6.45, 7) is 9.56. The highest BCUT2D eigenvalue weighted by atomic mass is 16.2. The quantitative estimate of drug-likeness (QED) is 0.715. The molecular weight excluding hydrogens is 200 g/mol. The first-order chi connectivity index (χ1) is 7.21. The molecule has 0 aliphatic carbocycles. The maximum absolute atomic E-state index is 11.9. The maximum Gasteiger partial charge on any atom is 0.229 e. The summed E-state index contributed by atoms with van der Waals surface area (Å²) in [5.41, 5.74) is 8.93. The molecule has 3 N–H and O–H groups in total. The summed E-state index contributed by atoms with van der Waals surface area (Å²) in [6, 6.07) is 3.87. The van der Waals surface area contributed by atoms with E-state index in [4.69, 9.17) is 5.73 Å². The van der Waals surface area contributed by atoms with E-state index in [1.54, 1.807) is 0 Å². The lowest BCUT2D eigenvalue weighted by Gasteiger charge is -2.20. The molecule has 0 unspecified atom stereocenters. The lowest BCUT2D eigenvalue weighted by molar-refractivity contribution is -0.123. The number of carbonyl (C=O) groups excluding carboxylic acids is 1. The fourth-order valence-corrected chi connectivity index (χ4v) is 1.47. The minimum Gasteiger partial charge on any atom is -0.397 e. The molecule has 1 aromatic carbocycles. The lowest BCUT2D eigenvalue weighted by Crippen LogP contribution is -2.28. The third kappa shape index (κ3) is 2.75. The molecule has 0 aromatic heterocycles. The fourth-order valence-electron chi connectivity index (χ4n) is 1.47. The standard InChI is InChI=1S/C13H20N2O/c1-8-6-9(2)11(10(14)7-8)15-12(16)13(3,4)5/h6-7H,14H2,1-5H3,(H,15,16). The first kappa shape index (κ1) is 12.6. The van der Waals surface area contributed by atoms with E-state index >= 15 is 0 Å². The second-order valence-electron chi connectivity index (χ2n) is 5.25. The van der Waals surface area contributed by atoms with E-state index in [9.17, 15) is 4.79 Å². The molecule has 1 rings (SSSR count). The Hall–Kier alpha value is -1.51. The van der Waals surface area contributed by atoms with Crippen LogP contribution in [0, 0.1) is 19.3 Å². The number of rotatable bonds is 1. The van der Waals surface area contributed by atoms with Gasteiger partial charge in [0, 0.05) is 5.41 Å². The van der Waals surface area contributed by atoms with E-state index in [0.29, 0.717) is 5.69 Å². The van der Waals surface area contributed by atoms with E-state index in [-0.39, 0.29) is 5.91 Å². The van der Waals surface area contributed by atoms with Crippen LogP contribution in [0.25, 0.3) is 0 Å². The number of benzene rings is 1. The molecule has 1 aromatic rings. The van der Waals surface area contributed by atoms with Crippen molar-refractivity contribution < 1.29 is 4.79 Å². The predicted molar refractivity (Wildman–Crippen MR) is 68.4 cm³/mol. The van der Waals surface area contributed by atoms with Gasteiger partial charge in [0.05, 0.1) is 11.4 Å². The van der Waals surface area contributed by atoms with Crippen LogP contribution in [0.5, 0.6) is 0 Å². The number of aryl methyl sites for hydroxylation is 2. The van der Waals surface area contributed by atoms with Crippen molar-refractivity contribution >= 4 is 17.3 Å². The summed E-state index contributed by atoms with van der Waals surface area (Å²) in [7, 11) is 0. The van der Waals surface area contributed by atoms with E-state index in [0.717, 1.165) is 16.8 Å². The second-order valence-corrected chi connectivity index (χ2v) is 5.25. The number of nitrogen functional groups attached to an aromatic ring is 1. The van der Waals surface area contributed by atoms with Gasteiger partial charge in [0.2, 0.25) is 5.91 Å². The van der Waals surface area contributed by atoms with Crippen LogP contribution in [0.4, 0.5) is 11.4 Å². The summed E-state index contributed by atoms with van der Waals surface area (Å²) < 4.78 is 0. The van der Waals surface area contributed by atoms with Gasteiger partial charge in [-0.2, -0.15) is 0 Å². The van der Waals surface area contributed by atoms with Crippen molar-refractivity contribution in [1.82, 2.24) is 0 Å². The van der Waals surface area contributed by atoms with Gasteiger partial charge in [0.1, 0.15) is 0 Å². The molecule has 88 valence electrons. The molecule has 0 aliphatic heterocycles. The molecule has 3 heteroatoms. The molecule has 0 atom stereocenters. The van der Waals surface area contributed by atoms with Crippen molar-refractivity contribution in [1.29, 1.82) is 0 Å². The number of amides is 1. The minimum absolute atomic E-state index is 0.0221. The molecule has 0 spiro atoms. The Balaban J connectivity index is 3.03. The van der Waals surface area contributed by atoms with Crippen molar-refractivity contribution in [2.75, 3.05) is 11.1 Å². The van der Waals surface area contributed by atoms with Gasteiger partial charge in [-0.1, -0.05) is 26.8 Å². The third-order valence-corrected chi connectivity index (χ3v) is 2.43.